The quantitative estimate of drug-likeness (QED) is 0.865. The highest BCUT2D eigenvalue weighted by molar-refractivity contribution is 9.10. The van der Waals surface area contributed by atoms with Gasteiger partial charge in [0.15, 0.2) is 0 Å². The van der Waals surface area contributed by atoms with E-state index in [0.717, 1.165) is 0 Å². The Kier molecular flexibility index (Phi) is 3.87. The number of rotatable bonds is 2. The third kappa shape index (κ3) is 2.82. The molecule has 6 nitrogen and oxygen atoms in total. The van der Waals surface area contributed by atoms with Crippen LogP contribution in [0.5, 0.6) is 0 Å². The van der Waals surface area contributed by atoms with Crippen LogP contribution in [0, 0.1) is 6.92 Å². The first kappa shape index (κ1) is 16.0. The molecule has 1 aromatic heterocycles. The summed E-state index contributed by atoms with van der Waals surface area (Å²) in [6, 6.07) is 0. The topological polar surface area (TPSA) is 70.7 Å². The predicted molar refractivity (Wildman–Crippen MR) is 70.2 cm³/mol. The molecule has 21 heavy (non-hydrogen) atoms. The van der Waals surface area contributed by atoms with E-state index in [-0.39, 0.29) is 10.7 Å². The summed E-state index contributed by atoms with van der Waals surface area (Å²) in [5, 5.41) is 17.4. The minimum absolute atomic E-state index is 0.0287. The number of aliphatic hydroxyl groups is 1. The Morgan fingerprint density at radius 1 is 1.52 bits per heavy atom. The average Bonchev–Trinajstić information content (AvgIpc) is 2.79. The molecule has 2 heterocycles. The summed E-state index contributed by atoms with van der Waals surface area (Å²) in [4.78, 5) is 12.0. The van der Waals surface area contributed by atoms with Crippen molar-refractivity contribution < 1.29 is 23.1 Å². The highest BCUT2D eigenvalue weighted by Crippen LogP contribution is 2.40. The molecule has 0 aliphatic carbocycles. The normalized spacial score (nSPS) is 22.6. The first-order valence-electron chi connectivity index (χ1n) is 5.90. The van der Waals surface area contributed by atoms with E-state index in [1.807, 2.05) is 0 Å². The SMILES string of the molecule is CC1=NN(C(=O)Cn2cc(Br)c(C)n2)C(O)(C(F)(F)F)C1. The van der Waals surface area contributed by atoms with E-state index >= 15 is 0 Å². The molecule has 0 spiro atoms. The summed E-state index contributed by atoms with van der Waals surface area (Å²) in [7, 11) is 0. The number of alkyl halides is 3. The van der Waals surface area contributed by atoms with Crippen LogP contribution in [0.1, 0.15) is 19.0 Å². The lowest BCUT2D eigenvalue weighted by atomic mass is 10.1. The second-order valence-corrected chi connectivity index (χ2v) is 5.65. The molecule has 1 amide bonds. The van der Waals surface area contributed by atoms with Gasteiger partial charge in [0, 0.05) is 18.3 Å². The maximum Gasteiger partial charge on any atom is 0.438 e. The molecule has 1 atom stereocenters. The number of nitrogens with zero attached hydrogens (tertiary/aromatic N) is 4. The predicted octanol–water partition coefficient (Wildman–Crippen LogP) is 1.81. The second-order valence-electron chi connectivity index (χ2n) is 4.79. The van der Waals surface area contributed by atoms with Crippen LogP contribution in [0.3, 0.4) is 0 Å². The highest BCUT2D eigenvalue weighted by atomic mass is 79.9. The van der Waals surface area contributed by atoms with Gasteiger partial charge in [0.25, 0.3) is 11.6 Å². The fourth-order valence-corrected chi connectivity index (χ4v) is 2.30. The molecular weight excluding hydrogens is 357 g/mol. The number of halogens is 4. The zero-order valence-electron chi connectivity index (χ0n) is 11.1. The number of aryl methyl sites for hydroxylation is 1. The number of aromatic nitrogens is 2. The monoisotopic (exact) mass is 368 g/mol. The van der Waals surface area contributed by atoms with Crippen molar-refractivity contribution in [2.24, 2.45) is 5.10 Å². The maximum atomic E-state index is 13.0. The zero-order valence-corrected chi connectivity index (χ0v) is 12.7. The fraction of sp³-hybridized carbons (Fsp3) is 0.545. The van der Waals surface area contributed by atoms with Gasteiger partial charge in [0.2, 0.25) is 0 Å². The first-order valence-corrected chi connectivity index (χ1v) is 6.69. The molecule has 10 heteroatoms. The van der Waals surface area contributed by atoms with Crippen LogP contribution in [0.4, 0.5) is 13.2 Å². The Morgan fingerprint density at radius 2 is 2.14 bits per heavy atom. The molecule has 1 N–H and O–H groups in total. The molecule has 0 saturated heterocycles. The summed E-state index contributed by atoms with van der Waals surface area (Å²) in [6.45, 7) is 2.54. The van der Waals surface area contributed by atoms with E-state index in [1.54, 1.807) is 6.92 Å². The third-order valence-corrected chi connectivity index (χ3v) is 3.78. The molecule has 116 valence electrons. The van der Waals surface area contributed by atoms with Crippen LogP contribution >= 0.6 is 15.9 Å². The Labute approximate surface area is 126 Å². The maximum absolute atomic E-state index is 13.0. The average molecular weight is 369 g/mol. The van der Waals surface area contributed by atoms with Crippen molar-refractivity contribution in [3.63, 3.8) is 0 Å². The van der Waals surface area contributed by atoms with E-state index in [2.05, 4.69) is 26.1 Å². The lowest BCUT2D eigenvalue weighted by Crippen LogP contribution is -2.57. The summed E-state index contributed by atoms with van der Waals surface area (Å²) < 4.78 is 40.8. The molecule has 1 aliphatic heterocycles. The van der Waals surface area contributed by atoms with Crippen LogP contribution in [0.25, 0.3) is 0 Å². The molecule has 0 bridgehead atoms. The summed E-state index contributed by atoms with van der Waals surface area (Å²) in [5.41, 5.74) is -2.68. The van der Waals surface area contributed by atoms with E-state index in [1.165, 1.54) is 17.8 Å². The van der Waals surface area contributed by atoms with Gasteiger partial charge in [-0.1, -0.05) is 0 Å². The van der Waals surface area contributed by atoms with Crippen molar-refractivity contribution in [2.45, 2.75) is 38.7 Å². The molecule has 0 fully saturated rings. The van der Waals surface area contributed by atoms with Gasteiger partial charge in [-0.05, 0) is 29.8 Å². The molecule has 1 aromatic rings. The number of carbonyl (C=O) groups excluding carboxylic acids is 1. The minimum atomic E-state index is -5.00. The van der Waals surface area contributed by atoms with Crippen LogP contribution < -0.4 is 0 Å². The van der Waals surface area contributed by atoms with Gasteiger partial charge in [0.05, 0.1) is 10.2 Å². The fourth-order valence-electron chi connectivity index (χ4n) is 1.98. The van der Waals surface area contributed by atoms with E-state index < -0.39 is 30.8 Å². The Bertz CT molecular complexity index is 594. The van der Waals surface area contributed by atoms with Crippen molar-refractivity contribution in [1.82, 2.24) is 14.8 Å². The lowest BCUT2D eigenvalue weighted by molar-refractivity contribution is -0.302. The number of hydrogen-bond acceptors (Lipinski definition) is 4. The van der Waals surface area contributed by atoms with Crippen LogP contribution in [0.15, 0.2) is 15.8 Å². The summed E-state index contributed by atoms with van der Waals surface area (Å²) >= 11 is 3.19. The zero-order chi connectivity index (χ0) is 16.0. The number of amides is 1. The van der Waals surface area contributed by atoms with Crippen molar-refractivity contribution in [3.05, 3.63) is 16.4 Å². The number of hydrogen-bond donors (Lipinski definition) is 1. The molecule has 1 unspecified atom stereocenters. The van der Waals surface area contributed by atoms with E-state index in [4.69, 9.17) is 0 Å². The number of carbonyl (C=O) groups is 1. The standard InChI is InChI=1S/C11H12BrF3N4O2/c1-6-3-10(21,11(13,14)15)19(16-6)9(20)5-18-4-8(12)7(2)17-18/h4,21H,3,5H2,1-2H3. The van der Waals surface area contributed by atoms with Gasteiger partial charge < -0.3 is 5.11 Å². The smallest absolute Gasteiger partial charge is 0.362 e. The molecule has 2 rings (SSSR count). The van der Waals surface area contributed by atoms with E-state index in [9.17, 15) is 23.1 Å². The minimum Gasteiger partial charge on any atom is -0.362 e. The van der Waals surface area contributed by atoms with Gasteiger partial charge in [-0.2, -0.15) is 28.4 Å². The van der Waals surface area contributed by atoms with E-state index in [0.29, 0.717) is 10.2 Å². The Balaban J connectivity index is 2.24. The second kappa shape index (κ2) is 5.09. The summed E-state index contributed by atoms with van der Waals surface area (Å²) in [6.07, 6.45) is -4.29. The lowest BCUT2D eigenvalue weighted by Gasteiger charge is -2.32. The van der Waals surface area contributed by atoms with Gasteiger partial charge in [-0.3, -0.25) is 9.48 Å². The van der Waals surface area contributed by atoms with Crippen LogP contribution in [-0.4, -0.2) is 43.4 Å². The van der Waals surface area contributed by atoms with Crippen molar-refractivity contribution in [2.75, 3.05) is 0 Å². The summed E-state index contributed by atoms with van der Waals surface area (Å²) in [5.74, 6) is -0.998. The van der Waals surface area contributed by atoms with Crippen LogP contribution in [0.2, 0.25) is 0 Å². The largest absolute Gasteiger partial charge is 0.438 e. The van der Waals surface area contributed by atoms with Gasteiger partial charge >= 0.3 is 6.18 Å². The number of hydrazone groups is 1. The molecule has 1 aliphatic rings. The molecular formula is C11H12BrF3N4O2. The molecule has 0 radical (unpaired) electrons. The molecule has 0 saturated carbocycles. The Hall–Kier alpha value is -1.42. The first-order chi connectivity index (χ1) is 9.54. The third-order valence-electron chi connectivity index (χ3n) is 3.00. The van der Waals surface area contributed by atoms with Gasteiger partial charge in [0.1, 0.15) is 6.54 Å². The van der Waals surface area contributed by atoms with Gasteiger partial charge in [-0.25, -0.2) is 0 Å². The molecule has 0 aromatic carbocycles. The van der Waals surface area contributed by atoms with Gasteiger partial charge in [-0.15, -0.1) is 0 Å². The Morgan fingerprint density at radius 3 is 2.62 bits per heavy atom. The van der Waals surface area contributed by atoms with Crippen molar-refractivity contribution in [3.8, 4) is 0 Å². The van der Waals surface area contributed by atoms with Crippen molar-refractivity contribution >= 4 is 27.5 Å². The van der Waals surface area contributed by atoms with Crippen LogP contribution in [-0.2, 0) is 11.3 Å². The highest BCUT2D eigenvalue weighted by Gasteiger charge is 2.62. The van der Waals surface area contributed by atoms with Crippen molar-refractivity contribution in [1.29, 1.82) is 0 Å².